The van der Waals surface area contributed by atoms with Gasteiger partial charge < -0.3 is 15.3 Å². The molecule has 3 aromatic heterocycles. The monoisotopic (exact) mass is 377 g/mol. The molecule has 1 aliphatic heterocycles. The summed E-state index contributed by atoms with van der Waals surface area (Å²) in [4.78, 5) is 11.3. The van der Waals surface area contributed by atoms with Gasteiger partial charge in [0, 0.05) is 37.7 Å². The molecular formula is C20H26BN6O. The summed E-state index contributed by atoms with van der Waals surface area (Å²) >= 11 is 0. The molecule has 0 aromatic carbocycles. The highest BCUT2D eigenvalue weighted by molar-refractivity contribution is 6.54. The second-order valence-corrected chi connectivity index (χ2v) is 7.84. The van der Waals surface area contributed by atoms with Crippen molar-refractivity contribution in [2.24, 2.45) is 0 Å². The zero-order valence-electron chi connectivity index (χ0n) is 16.6. The van der Waals surface area contributed by atoms with Crippen molar-refractivity contribution in [1.29, 1.82) is 0 Å². The first-order chi connectivity index (χ1) is 13.5. The van der Waals surface area contributed by atoms with Gasteiger partial charge in [0.1, 0.15) is 11.6 Å². The topological polar surface area (TPSA) is 78.6 Å². The fourth-order valence-corrected chi connectivity index (χ4v) is 3.91. The molecule has 0 aliphatic carbocycles. The zero-order chi connectivity index (χ0) is 19.7. The molecule has 1 atom stereocenters. The first-order valence-electron chi connectivity index (χ1n) is 9.77. The molecule has 4 rings (SSSR count). The molecule has 8 heteroatoms. The Morgan fingerprint density at radius 1 is 1.36 bits per heavy atom. The smallest absolute Gasteiger partial charge is 0.155 e. The minimum Gasteiger partial charge on any atom is -0.388 e. The average Bonchev–Trinajstić information content (AvgIpc) is 3.33. The molecule has 1 saturated heterocycles. The second kappa shape index (κ2) is 7.43. The van der Waals surface area contributed by atoms with Gasteiger partial charge in [-0.1, -0.05) is 12.9 Å². The van der Waals surface area contributed by atoms with Crippen LogP contribution in [-0.2, 0) is 6.54 Å². The van der Waals surface area contributed by atoms with E-state index in [1.54, 1.807) is 6.20 Å². The fourth-order valence-electron chi connectivity index (χ4n) is 3.91. The summed E-state index contributed by atoms with van der Waals surface area (Å²) in [5.41, 5.74) is 2.12. The van der Waals surface area contributed by atoms with Gasteiger partial charge in [0.2, 0.25) is 0 Å². The van der Waals surface area contributed by atoms with Crippen molar-refractivity contribution in [2.45, 2.75) is 51.7 Å². The van der Waals surface area contributed by atoms with Crippen LogP contribution < -0.4 is 15.7 Å². The van der Waals surface area contributed by atoms with Crippen molar-refractivity contribution in [3.8, 4) is 0 Å². The molecule has 145 valence electrons. The van der Waals surface area contributed by atoms with E-state index in [2.05, 4.69) is 20.3 Å². The van der Waals surface area contributed by atoms with Crippen LogP contribution >= 0.6 is 0 Å². The van der Waals surface area contributed by atoms with E-state index in [4.69, 9.17) is 4.98 Å². The van der Waals surface area contributed by atoms with Gasteiger partial charge in [0.05, 0.1) is 11.6 Å². The number of nitrogens with one attached hydrogen (secondary N) is 1. The number of anilines is 2. The van der Waals surface area contributed by atoms with Crippen molar-refractivity contribution >= 4 is 30.0 Å². The minimum absolute atomic E-state index is 0.0469. The third kappa shape index (κ3) is 3.56. The number of pyridine rings is 1. The molecule has 7 nitrogen and oxygen atoms in total. The molecular weight excluding hydrogens is 351 g/mol. The van der Waals surface area contributed by atoms with Crippen LogP contribution in [0.5, 0.6) is 0 Å². The second-order valence-electron chi connectivity index (χ2n) is 7.84. The van der Waals surface area contributed by atoms with Gasteiger partial charge in [0.15, 0.2) is 12.9 Å². The van der Waals surface area contributed by atoms with E-state index >= 15 is 0 Å². The van der Waals surface area contributed by atoms with Gasteiger partial charge >= 0.3 is 0 Å². The Balaban J connectivity index is 1.73. The predicted octanol–water partition coefficient (Wildman–Crippen LogP) is 1.85. The number of nitrogens with zero attached hydrogens (tertiary/aromatic N) is 5. The van der Waals surface area contributed by atoms with Crippen LogP contribution in [0, 0.1) is 0 Å². The molecule has 0 bridgehead atoms. The normalized spacial score (nSPS) is 17.3. The Hall–Kier alpha value is -2.61. The lowest BCUT2D eigenvalue weighted by Crippen LogP contribution is -2.46. The van der Waals surface area contributed by atoms with Crippen LogP contribution in [0.1, 0.15) is 32.3 Å². The maximum absolute atomic E-state index is 10.6. The summed E-state index contributed by atoms with van der Waals surface area (Å²) in [7, 11) is 2.02. The SMILES string of the molecule is C[B]c1cnn2c(NCc3cccnc3)cc(N3CCC[C@H]3C(C)(C)O)nc12. The summed E-state index contributed by atoms with van der Waals surface area (Å²) in [6.45, 7) is 7.27. The Bertz CT molecular complexity index is 952. The molecule has 0 amide bonds. The van der Waals surface area contributed by atoms with Crippen molar-refractivity contribution in [2.75, 3.05) is 16.8 Å². The molecule has 2 N–H and O–H groups in total. The third-order valence-electron chi connectivity index (χ3n) is 5.36. The van der Waals surface area contributed by atoms with Gasteiger partial charge in [-0.15, -0.1) is 0 Å². The highest BCUT2D eigenvalue weighted by Crippen LogP contribution is 2.32. The lowest BCUT2D eigenvalue weighted by atomic mass is 9.75. The van der Waals surface area contributed by atoms with Crippen LogP contribution in [0.25, 0.3) is 5.65 Å². The van der Waals surface area contributed by atoms with E-state index in [9.17, 15) is 5.11 Å². The molecule has 1 fully saturated rings. The van der Waals surface area contributed by atoms with E-state index in [1.807, 2.05) is 63.1 Å². The molecule has 0 unspecified atom stereocenters. The van der Waals surface area contributed by atoms with Gasteiger partial charge in [-0.25, -0.2) is 4.98 Å². The standard InChI is InChI=1S/C20H26BN6O/c1-20(2,28)16-7-5-9-26(16)18-10-17(23-12-14-6-4-8-22-11-14)27-19(25-18)15(21-3)13-24-27/h4,6,8,10-11,13,16,23,28H,5,7,9,12H2,1-3H3/t16-/m0/s1. The van der Waals surface area contributed by atoms with E-state index in [0.717, 1.165) is 47.7 Å². The first-order valence-corrected chi connectivity index (χ1v) is 9.77. The van der Waals surface area contributed by atoms with E-state index in [-0.39, 0.29) is 6.04 Å². The van der Waals surface area contributed by atoms with Crippen LogP contribution in [-0.4, -0.2) is 50.2 Å². The number of fused-ring (bicyclic) bond motifs is 1. The summed E-state index contributed by atoms with van der Waals surface area (Å²) in [6, 6.07) is 6.05. The van der Waals surface area contributed by atoms with E-state index < -0.39 is 5.60 Å². The van der Waals surface area contributed by atoms with Crippen LogP contribution in [0.15, 0.2) is 36.8 Å². The molecule has 4 heterocycles. The first kappa shape index (κ1) is 18.7. The lowest BCUT2D eigenvalue weighted by Gasteiger charge is -2.34. The summed E-state index contributed by atoms with van der Waals surface area (Å²) < 4.78 is 1.84. The number of aromatic nitrogens is 4. The Kier molecular flexibility index (Phi) is 4.97. The highest BCUT2D eigenvalue weighted by atomic mass is 16.3. The number of hydrogen-bond acceptors (Lipinski definition) is 6. The van der Waals surface area contributed by atoms with Crippen LogP contribution in [0.2, 0.25) is 6.82 Å². The Labute approximate surface area is 166 Å². The van der Waals surface area contributed by atoms with Crippen LogP contribution in [0.3, 0.4) is 0 Å². The molecule has 3 aromatic rings. The Morgan fingerprint density at radius 2 is 2.21 bits per heavy atom. The quantitative estimate of drug-likeness (QED) is 0.639. The summed E-state index contributed by atoms with van der Waals surface area (Å²) in [6.07, 6.45) is 7.46. The molecule has 28 heavy (non-hydrogen) atoms. The maximum Gasteiger partial charge on any atom is 0.155 e. The number of rotatable bonds is 6. The highest BCUT2D eigenvalue weighted by Gasteiger charge is 2.37. The minimum atomic E-state index is -0.784. The zero-order valence-corrected chi connectivity index (χ0v) is 16.6. The van der Waals surface area contributed by atoms with Gasteiger partial charge in [-0.3, -0.25) is 4.98 Å². The third-order valence-corrected chi connectivity index (χ3v) is 5.36. The van der Waals surface area contributed by atoms with Crippen molar-refractivity contribution < 1.29 is 5.11 Å². The van der Waals surface area contributed by atoms with Crippen molar-refractivity contribution in [1.82, 2.24) is 19.6 Å². The molecule has 0 saturated carbocycles. The average molecular weight is 377 g/mol. The molecule has 1 radical (unpaired) electrons. The lowest BCUT2D eigenvalue weighted by molar-refractivity contribution is 0.0533. The largest absolute Gasteiger partial charge is 0.388 e. The number of aliphatic hydroxyl groups is 1. The van der Waals surface area contributed by atoms with Gasteiger partial charge in [0.25, 0.3) is 0 Å². The number of hydrogen-bond donors (Lipinski definition) is 2. The van der Waals surface area contributed by atoms with E-state index in [1.165, 1.54) is 0 Å². The predicted molar refractivity (Wildman–Crippen MR) is 112 cm³/mol. The summed E-state index contributed by atoms with van der Waals surface area (Å²) in [5, 5.41) is 18.6. The fraction of sp³-hybridized carbons (Fsp3) is 0.450. The van der Waals surface area contributed by atoms with Crippen molar-refractivity contribution in [3.05, 3.63) is 42.4 Å². The maximum atomic E-state index is 10.6. The van der Waals surface area contributed by atoms with Gasteiger partial charge in [-0.05, 0) is 43.8 Å². The van der Waals surface area contributed by atoms with Gasteiger partial charge in [-0.2, -0.15) is 9.61 Å². The van der Waals surface area contributed by atoms with E-state index in [0.29, 0.717) is 6.54 Å². The van der Waals surface area contributed by atoms with Crippen molar-refractivity contribution in [3.63, 3.8) is 0 Å². The summed E-state index contributed by atoms with van der Waals surface area (Å²) in [5.74, 6) is 1.74. The Morgan fingerprint density at radius 3 is 2.93 bits per heavy atom. The molecule has 1 aliphatic rings. The molecule has 0 spiro atoms. The van der Waals surface area contributed by atoms with Crippen LogP contribution in [0.4, 0.5) is 11.6 Å².